The highest BCUT2D eigenvalue weighted by atomic mass is 79.9. The van der Waals surface area contributed by atoms with Crippen molar-refractivity contribution in [1.82, 2.24) is 5.43 Å². The van der Waals surface area contributed by atoms with E-state index < -0.39 is 17.7 Å². The van der Waals surface area contributed by atoms with Crippen molar-refractivity contribution >= 4 is 51.2 Å². The Morgan fingerprint density at radius 3 is 2.26 bits per heavy atom. The number of anilines is 2. The second-order valence-electron chi connectivity index (χ2n) is 6.22. The first-order chi connectivity index (χ1) is 14.9. The van der Waals surface area contributed by atoms with E-state index >= 15 is 0 Å². The number of benzene rings is 3. The molecule has 0 heterocycles. The molecule has 0 unspecified atom stereocenters. The summed E-state index contributed by atoms with van der Waals surface area (Å²) in [6.45, 7) is 0. The number of halogens is 1. The lowest BCUT2D eigenvalue weighted by atomic mass is 10.1. The molecular weight excluding hydrogens is 464 g/mol. The van der Waals surface area contributed by atoms with Crippen LogP contribution in [0.4, 0.5) is 11.4 Å². The quantitative estimate of drug-likeness (QED) is 0.253. The van der Waals surface area contributed by atoms with Gasteiger partial charge in [0.05, 0.1) is 17.5 Å². The molecule has 0 saturated heterocycles. The third-order valence-electron chi connectivity index (χ3n) is 4.03. The number of hydrogen-bond donors (Lipinski definition) is 4. The van der Waals surface area contributed by atoms with Crippen molar-refractivity contribution in [2.45, 2.75) is 0 Å². The van der Waals surface area contributed by atoms with Gasteiger partial charge >= 0.3 is 11.8 Å². The predicted molar refractivity (Wildman–Crippen MR) is 121 cm³/mol. The molecule has 0 radical (unpaired) electrons. The van der Waals surface area contributed by atoms with E-state index in [0.29, 0.717) is 11.3 Å². The van der Waals surface area contributed by atoms with Crippen molar-refractivity contribution < 1.29 is 19.5 Å². The first kappa shape index (κ1) is 21.7. The summed E-state index contributed by atoms with van der Waals surface area (Å²) < 4.78 is 0.870. The number of para-hydroxylation sites is 2. The maximum atomic E-state index is 12.6. The highest BCUT2D eigenvalue weighted by molar-refractivity contribution is 9.10. The van der Waals surface area contributed by atoms with Crippen molar-refractivity contribution in [2.24, 2.45) is 5.10 Å². The monoisotopic (exact) mass is 480 g/mol. The van der Waals surface area contributed by atoms with Crippen molar-refractivity contribution in [3.8, 4) is 5.75 Å². The fourth-order valence-electron chi connectivity index (χ4n) is 2.51. The molecule has 0 aliphatic heterocycles. The first-order valence-corrected chi connectivity index (χ1v) is 9.81. The third kappa shape index (κ3) is 6.00. The van der Waals surface area contributed by atoms with Crippen LogP contribution in [0.5, 0.6) is 5.75 Å². The molecule has 3 aromatic rings. The van der Waals surface area contributed by atoms with Gasteiger partial charge in [-0.3, -0.25) is 14.4 Å². The second kappa shape index (κ2) is 10.2. The van der Waals surface area contributed by atoms with E-state index in [4.69, 9.17) is 0 Å². The number of hydrogen-bond acceptors (Lipinski definition) is 5. The van der Waals surface area contributed by atoms with Gasteiger partial charge in [0.15, 0.2) is 0 Å². The lowest BCUT2D eigenvalue weighted by molar-refractivity contribution is -0.136. The van der Waals surface area contributed by atoms with Crippen LogP contribution in [-0.2, 0) is 9.59 Å². The van der Waals surface area contributed by atoms with Crippen LogP contribution >= 0.6 is 15.9 Å². The summed E-state index contributed by atoms with van der Waals surface area (Å²) in [5.41, 5.74) is 3.38. The zero-order valence-corrected chi connectivity index (χ0v) is 17.6. The smallest absolute Gasteiger partial charge is 0.329 e. The number of rotatable bonds is 5. The van der Waals surface area contributed by atoms with Gasteiger partial charge in [-0.15, -0.1) is 0 Å². The van der Waals surface area contributed by atoms with Crippen LogP contribution in [0.2, 0.25) is 0 Å². The van der Waals surface area contributed by atoms with Crippen molar-refractivity contribution in [3.05, 3.63) is 88.4 Å². The van der Waals surface area contributed by atoms with Crippen LogP contribution in [0.1, 0.15) is 15.9 Å². The minimum atomic E-state index is -1.03. The Labute approximate surface area is 186 Å². The number of phenolic OH excluding ortho intramolecular Hbond substituents is 1. The molecule has 0 aromatic heterocycles. The number of nitrogens with zero attached hydrogens (tertiary/aromatic N) is 1. The average Bonchev–Trinajstić information content (AvgIpc) is 2.77. The largest absolute Gasteiger partial charge is 0.507 e. The molecule has 3 rings (SSSR count). The van der Waals surface area contributed by atoms with Gasteiger partial charge in [-0.25, -0.2) is 5.43 Å². The van der Waals surface area contributed by atoms with E-state index in [1.165, 1.54) is 24.4 Å². The molecule has 0 spiro atoms. The van der Waals surface area contributed by atoms with Gasteiger partial charge in [0.2, 0.25) is 0 Å². The number of nitrogens with one attached hydrogen (secondary N) is 3. The summed E-state index contributed by atoms with van der Waals surface area (Å²) in [7, 11) is 0. The van der Waals surface area contributed by atoms with Crippen molar-refractivity contribution in [3.63, 3.8) is 0 Å². The standard InChI is InChI=1S/C22H17BrN4O4/c23-15-9-11-16(12-10-15)25-20(29)17-6-2-3-7-18(17)26-21(30)22(31)27-24-13-14-5-1-4-8-19(14)28/h1-13,28H,(H,25,29)(H,26,30)(H,27,31). The van der Waals surface area contributed by atoms with Crippen LogP contribution in [0.3, 0.4) is 0 Å². The molecule has 0 atom stereocenters. The van der Waals surface area contributed by atoms with E-state index in [2.05, 4.69) is 37.1 Å². The summed E-state index contributed by atoms with van der Waals surface area (Å²) in [6, 6.07) is 19.7. The van der Waals surface area contributed by atoms with E-state index in [1.807, 2.05) is 0 Å². The van der Waals surface area contributed by atoms with Crippen LogP contribution in [0.25, 0.3) is 0 Å². The van der Waals surface area contributed by atoms with Crippen molar-refractivity contribution in [1.29, 1.82) is 0 Å². The number of carbonyl (C=O) groups is 3. The lowest BCUT2D eigenvalue weighted by Crippen LogP contribution is -2.33. The molecule has 3 amide bonds. The molecule has 8 nitrogen and oxygen atoms in total. The van der Waals surface area contributed by atoms with E-state index in [0.717, 1.165) is 4.47 Å². The van der Waals surface area contributed by atoms with Gasteiger partial charge in [-0.05, 0) is 48.5 Å². The first-order valence-electron chi connectivity index (χ1n) is 9.02. The summed E-state index contributed by atoms with van der Waals surface area (Å²) in [6.07, 6.45) is 1.21. The van der Waals surface area contributed by atoms with Gasteiger partial charge in [-0.1, -0.05) is 40.2 Å². The topological polar surface area (TPSA) is 120 Å². The van der Waals surface area contributed by atoms with Crippen LogP contribution in [0.15, 0.2) is 82.4 Å². The fraction of sp³-hybridized carbons (Fsp3) is 0. The number of hydrazone groups is 1. The van der Waals surface area contributed by atoms with E-state index in [9.17, 15) is 19.5 Å². The zero-order valence-electron chi connectivity index (χ0n) is 16.0. The summed E-state index contributed by atoms with van der Waals surface area (Å²) in [5, 5.41) is 18.4. The van der Waals surface area contributed by atoms with E-state index in [1.54, 1.807) is 54.6 Å². The van der Waals surface area contributed by atoms with Gasteiger partial charge in [0.25, 0.3) is 5.91 Å². The van der Waals surface area contributed by atoms with Crippen molar-refractivity contribution in [2.75, 3.05) is 10.6 Å². The third-order valence-corrected chi connectivity index (χ3v) is 4.56. The maximum absolute atomic E-state index is 12.6. The summed E-state index contributed by atoms with van der Waals surface area (Å²) in [5.74, 6) is -2.50. The molecule has 0 aliphatic rings. The van der Waals surface area contributed by atoms with Gasteiger partial charge in [0.1, 0.15) is 5.75 Å². The van der Waals surface area contributed by atoms with Gasteiger partial charge in [0, 0.05) is 15.7 Å². The summed E-state index contributed by atoms with van der Waals surface area (Å²) in [4.78, 5) is 36.8. The lowest BCUT2D eigenvalue weighted by Gasteiger charge is -2.11. The Morgan fingerprint density at radius 1 is 0.839 bits per heavy atom. The number of amides is 3. The molecule has 31 heavy (non-hydrogen) atoms. The molecular formula is C22H17BrN4O4. The molecule has 9 heteroatoms. The number of aromatic hydroxyl groups is 1. The highest BCUT2D eigenvalue weighted by Crippen LogP contribution is 2.19. The maximum Gasteiger partial charge on any atom is 0.329 e. The Morgan fingerprint density at radius 2 is 1.52 bits per heavy atom. The highest BCUT2D eigenvalue weighted by Gasteiger charge is 2.17. The molecule has 156 valence electrons. The predicted octanol–water partition coefficient (Wildman–Crippen LogP) is 3.50. The summed E-state index contributed by atoms with van der Waals surface area (Å²) >= 11 is 3.32. The van der Waals surface area contributed by atoms with Crippen LogP contribution in [0, 0.1) is 0 Å². The van der Waals surface area contributed by atoms with E-state index in [-0.39, 0.29) is 17.0 Å². The van der Waals surface area contributed by atoms with Crippen LogP contribution in [-0.4, -0.2) is 29.0 Å². The number of carbonyl (C=O) groups excluding carboxylic acids is 3. The normalized spacial score (nSPS) is 10.5. The average molecular weight is 481 g/mol. The molecule has 0 fully saturated rings. The fourth-order valence-corrected chi connectivity index (χ4v) is 2.77. The Bertz CT molecular complexity index is 1150. The Hall–Kier alpha value is -3.98. The minimum Gasteiger partial charge on any atom is -0.507 e. The van der Waals surface area contributed by atoms with Gasteiger partial charge < -0.3 is 15.7 Å². The Kier molecular flexibility index (Phi) is 7.13. The molecule has 0 saturated carbocycles. The Balaban J connectivity index is 1.64. The second-order valence-corrected chi connectivity index (χ2v) is 7.13. The molecule has 0 bridgehead atoms. The van der Waals surface area contributed by atoms with Gasteiger partial charge in [-0.2, -0.15) is 5.10 Å². The zero-order chi connectivity index (χ0) is 22.2. The minimum absolute atomic E-state index is 0.0179. The molecule has 0 aliphatic carbocycles. The number of phenols is 1. The van der Waals surface area contributed by atoms with Crippen LogP contribution < -0.4 is 16.1 Å². The molecule has 3 aromatic carbocycles. The molecule has 4 N–H and O–H groups in total. The SMILES string of the molecule is O=C(NN=Cc1ccccc1O)C(=O)Nc1ccccc1C(=O)Nc1ccc(Br)cc1.